The van der Waals surface area contributed by atoms with Crippen molar-refractivity contribution in [3.63, 3.8) is 0 Å². The van der Waals surface area contributed by atoms with Crippen LogP contribution in [-0.4, -0.2) is 9.78 Å². The summed E-state index contributed by atoms with van der Waals surface area (Å²) in [6.45, 7) is 1.75. The summed E-state index contributed by atoms with van der Waals surface area (Å²) in [5, 5.41) is 3.71. The first-order valence-electron chi connectivity index (χ1n) is 4.67. The van der Waals surface area contributed by atoms with Gasteiger partial charge in [0.2, 0.25) is 0 Å². The number of hydrogen-bond acceptors (Lipinski definition) is 1. The molecule has 2 nitrogen and oxygen atoms in total. The van der Waals surface area contributed by atoms with Crippen molar-refractivity contribution in [1.82, 2.24) is 9.78 Å². The van der Waals surface area contributed by atoms with Crippen LogP contribution in [0.3, 0.4) is 0 Å². The van der Waals surface area contributed by atoms with Gasteiger partial charge in [0.15, 0.2) is 0 Å². The van der Waals surface area contributed by atoms with E-state index in [0.717, 1.165) is 22.5 Å². The van der Waals surface area contributed by atoms with Gasteiger partial charge >= 0.3 is 6.18 Å². The minimum atomic E-state index is -4.39. The molecule has 84 valence electrons. The highest BCUT2D eigenvalue weighted by Crippen LogP contribution is 2.30. The Labute approximate surface area is 90.3 Å². The third-order valence-electron chi connectivity index (χ3n) is 2.28. The van der Waals surface area contributed by atoms with Gasteiger partial charge < -0.3 is 0 Å². The molecule has 0 fully saturated rings. The molecule has 0 unspecified atom stereocenters. The summed E-state index contributed by atoms with van der Waals surface area (Å²) in [5.74, 6) is 0. The molecule has 0 saturated heterocycles. The number of benzene rings is 1. The Morgan fingerprint density at radius 3 is 2.44 bits per heavy atom. The molecule has 2 aromatic rings. The molecular weight excluding hydrogens is 217 g/mol. The Bertz CT molecular complexity index is 500. The minimum absolute atomic E-state index is 0.444. The molecule has 5 heteroatoms. The molecular formula is C11H9F3N2. The van der Waals surface area contributed by atoms with Crippen molar-refractivity contribution >= 4 is 0 Å². The van der Waals surface area contributed by atoms with Gasteiger partial charge in [0, 0.05) is 0 Å². The second kappa shape index (κ2) is 3.66. The number of hydrogen-bond donors (Lipinski definition) is 0. The summed E-state index contributed by atoms with van der Waals surface area (Å²) in [7, 11) is 0. The first-order chi connectivity index (χ1) is 7.50. The van der Waals surface area contributed by atoms with Crippen LogP contribution in [0.15, 0.2) is 36.5 Å². The van der Waals surface area contributed by atoms with Crippen LogP contribution in [0, 0.1) is 6.92 Å². The lowest BCUT2D eigenvalue weighted by atomic mass is 10.2. The van der Waals surface area contributed by atoms with Crippen molar-refractivity contribution in [2.75, 3.05) is 0 Å². The van der Waals surface area contributed by atoms with E-state index in [-0.39, 0.29) is 0 Å². The standard InChI is InChI=1S/C11H9F3N2/c1-8-4-2-3-5-9(8)16-10(6-7-15-16)11(12,13)14/h2-7H,1H3. The van der Waals surface area contributed by atoms with Gasteiger partial charge in [0.1, 0.15) is 5.69 Å². The third-order valence-corrected chi connectivity index (χ3v) is 2.28. The number of para-hydroxylation sites is 1. The molecule has 1 aromatic carbocycles. The quantitative estimate of drug-likeness (QED) is 0.730. The van der Waals surface area contributed by atoms with Gasteiger partial charge in [-0.1, -0.05) is 18.2 Å². The number of rotatable bonds is 1. The maximum Gasteiger partial charge on any atom is 0.433 e. The SMILES string of the molecule is Cc1ccccc1-n1nccc1C(F)(F)F. The van der Waals surface area contributed by atoms with Crippen LogP contribution in [0.1, 0.15) is 11.3 Å². The molecule has 1 heterocycles. The van der Waals surface area contributed by atoms with Gasteiger partial charge in [-0.2, -0.15) is 18.3 Å². The molecule has 1 aromatic heterocycles. The molecule has 0 aliphatic carbocycles. The summed E-state index contributed by atoms with van der Waals surface area (Å²) < 4.78 is 38.8. The summed E-state index contributed by atoms with van der Waals surface area (Å²) in [4.78, 5) is 0. The Morgan fingerprint density at radius 1 is 1.12 bits per heavy atom. The molecule has 0 bridgehead atoms. The number of aryl methyl sites for hydroxylation is 1. The molecule has 16 heavy (non-hydrogen) atoms. The van der Waals surface area contributed by atoms with Gasteiger partial charge in [-0.05, 0) is 24.6 Å². The fourth-order valence-corrected chi connectivity index (χ4v) is 1.51. The second-order valence-corrected chi connectivity index (χ2v) is 3.41. The smallest absolute Gasteiger partial charge is 0.228 e. The van der Waals surface area contributed by atoms with E-state index in [1.54, 1.807) is 31.2 Å². The first-order valence-corrected chi connectivity index (χ1v) is 4.67. The molecule has 0 radical (unpaired) electrons. The number of aromatic nitrogens is 2. The van der Waals surface area contributed by atoms with E-state index in [1.807, 2.05) is 0 Å². The van der Waals surface area contributed by atoms with E-state index in [4.69, 9.17) is 0 Å². The van der Waals surface area contributed by atoms with E-state index in [0.29, 0.717) is 5.69 Å². The highest BCUT2D eigenvalue weighted by atomic mass is 19.4. The largest absolute Gasteiger partial charge is 0.433 e. The highest BCUT2D eigenvalue weighted by molar-refractivity contribution is 5.40. The average molecular weight is 226 g/mol. The van der Waals surface area contributed by atoms with Gasteiger partial charge in [0.05, 0.1) is 11.9 Å². The molecule has 0 spiro atoms. The average Bonchev–Trinajstić information content (AvgIpc) is 2.66. The maximum absolute atomic E-state index is 12.6. The summed E-state index contributed by atoms with van der Waals surface area (Å²) in [6, 6.07) is 7.78. The van der Waals surface area contributed by atoms with E-state index < -0.39 is 11.9 Å². The van der Waals surface area contributed by atoms with Crippen LogP contribution in [0.5, 0.6) is 0 Å². The van der Waals surface area contributed by atoms with Crippen LogP contribution >= 0.6 is 0 Å². The summed E-state index contributed by atoms with van der Waals surface area (Å²) >= 11 is 0. The topological polar surface area (TPSA) is 17.8 Å². The lowest BCUT2D eigenvalue weighted by Gasteiger charge is -2.11. The summed E-state index contributed by atoms with van der Waals surface area (Å²) in [5.41, 5.74) is 0.429. The fourth-order valence-electron chi connectivity index (χ4n) is 1.51. The van der Waals surface area contributed by atoms with Crippen molar-refractivity contribution in [1.29, 1.82) is 0 Å². The number of nitrogens with zero attached hydrogens (tertiary/aromatic N) is 2. The van der Waals surface area contributed by atoms with E-state index in [1.165, 1.54) is 0 Å². The van der Waals surface area contributed by atoms with Gasteiger partial charge in [-0.3, -0.25) is 0 Å². The molecule has 2 rings (SSSR count). The molecule has 0 atom stereocenters. The monoisotopic (exact) mass is 226 g/mol. The van der Waals surface area contributed by atoms with Crippen molar-refractivity contribution in [2.45, 2.75) is 13.1 Å². The first kappa shape index (κ1) is 10.7. The Morgan fingerprint density at radius 2 is 1.81 bits per heavy atom. The fraction of sp³-hybridized carbons (Fsp3) is 0.182. The second-order valence-electron chi connectivity index (χ2n) is 3.41. The Kier molecular flexibility index (Phi) is 2.46. The van der Waals surface area contributed by atoms with Gasteiger partial charge in [0.25, 0.3) is 0 Å². The molecule has 0 amide bonds. The summed E-state index contributed by atoms with van der Waals surface area (Å²) in [6.07, 6.45) is -3.24. The van der Waals surface area contributed by atoms with Crippen molar-refractivity contribution < 1.29 is 13.2 Å². The van der Waals surface area contributed by atoms with Crippen molar-refractivity contribution in [3.05, 3.63) is 47.8 Å². The maximum atomic E-state index is 12.6. The lowest BCUT2D eigenvalue weighted by molar-refractivity contribution is -0.142. The Hall–Kier alpha value is -1.78. The van der Waals surface area contributed by atoms with E-state index in [9.17, 15) is 13.2 Å². The Balaban J connectivity index is 2.58. The zero-order valence-corrected chi connectivity index (χ0v) is 8.49. The van der Waals surface area contributed by atoms with Crippen molar-refractivity contribution in [3.8, 4) is 5.69 Å². The van der Waals surface area contributed by atoms with Gasteiger partial charge in [-0.25, -0.2) is 4.68 Å². The van der Waals surface area contributed by atoms with Crippen molar-refractivity contribution in [2.24, 2.45) is 0 Å². The number of alkyl halides is 3. The molecule has 0 saturated carbocycles. The van der Waals surface area contributed by atoms with Crippen LogP contribution in [0.2, 0.25) is 0 Å². The zero-order valence-electron chi connectivity index (χ0n) is 8.49. The van der Waals surface area contributed by atoms with E-state index in [2.05, 4.69) is 5.10 Å². The normalized spacial score (nSPS) is 11.8. The predicted molar refractivity (Wildman–Crippen MR) is 53.3 cm³/mol. The van der Waals surface area contributed by atoms with Crippen LogP contribution in [0.25, 0.3) is 5.69 Å². The zero-order chi connectivity index (χ0) is 11.8. The minimum Gasteiger partial charge on any atom is -0.228 e. The van der Waals surface area contributed by atoms with Crippen LogP contribution in [-0.2, 0) is 6.18 Å². The molecule has 0 aliphatic heterocycles. The lowest BCUT2D eigenvalue weighted by Crippen LogP contribution is -2.13. The third kappa shape index (κ3) is 1.80. The number of halogens is 3. The van der Waals surface area contributed by atoms with Crippen LogP contribution in [0.4, 0.5) is 13.2 Å². The molecule has 0 N–H and O–H groups in total. The van der Waals surface area contributed by atoms with Gasteiger partial charge in [-0.15, -0.1) is 0 Å². The van der Waals surface area contributed by atoms with Crippen LogP contribution < -0.4 is 0 Å². The predicted octanol–water partition coefficient (Wildman–Crippen LogP) is 3.20. The highest BCUT2D eigenvalue weighted by Gasteiger charge is 2.35. The molecule has 0 aliphatic rings. The van der Waals surface area contributed by atoms with E-state index >= 15 is 0 Å².